The van der Waals surface area contributed by atoms with Crippen molar-refractivity contribution >= 4 is 39.3 Å². The normalized spacial score (nSPS) is 9.88. The van der Waals surface area contributed by atoms with Crippen LogP contribution in [0.1, 0.15) is 4.88 Å². The molecule has 0 radical (unpaired) electrons. The van der Waals surface area contributed by atoms with E-state index in [1.54, 1.807) is 0 Å². The molecule has 2 amide bonds. The largest absolute Gasteiger partial charge is 0.480 e. The topological polar surface area (TPSA) is 69.6 Å². The van der Waals surface area contributed by atoms with Crippen LogP contribution in [0.15, 0.2) is 15.9 Å². The SMILES string of the molecule is CN(CC(=O)O)C(=O)NCc1sccc1Br. The van der Waals surface area contributed by atoms with E-state index in [9.17, 15) is 9.59 Å². The zero-order valence-electron chi connectivity index (χ0n) is 8.57. The number of aliphatic carboxylic acids is 1. The first-order chi connectivity index (χ1) is 7.50. The Labute approximate surface area is 105 Å². The second-order valence-electron chi connectivity index (χ2n) is 3.10. The molecule has 0 bridgehead atoms. The highest BCUT2D eigenvalue weighted by Crippen LogP contribution is 2.22. The van der Waals surface area contributed by atoms with Crippen molar-refractivity contribution in [3.8, 4) is 0 Å². The second-order valence-corrected chi connectivity index (χ2v) is 4.96. The summed E-state index contributed by atoms with van der Waals surface area (Å²) in [6, 6.07) is 1.50. The number of likely N-dealkylation sites (N-methyl/N-ethyl adjacent to an activating group) is 1. The first-order valence-electron chi connectivity index (χ1n) is 4.43. The monoisotopic (exact) mass is 306 g/mol. The third-order valence-electron chi connectivity index (χ3n) is 1.81. The third kappa shape index (κ3) is 3.82. The smallest absolute Gasteiger partial charge is 0.323 e. The molecule has 1 heterocycles. The van der Waals surface area contributed by atoms with Crippen molar-refractivity contribution in [3.05, 3.63) is 20.8 Å². The maximum absolute atomic E-state index is 11.4. The zero-order chi connectivity index (χ0) is 12.1. The second kappa shape index (κ2) is 5.86. The molecule has 16 heavy (non-hydrogen) atoms. The summed E-state index contributed by atoms with van der Waals surface area (Å²) in [5.74, 6) is -1.03. The standard InChI is InChI=1S/C9H11BrN2O3S/c1-12(5-8(13)14)9(15)11-4-7-6(10)2-3-16-7/h2-3H,4-5H2,1H3,(H,11,15)(H,13,14). The molecular formula is C9H11BrN2O3S. The van der Waals surface area contributed by atoms with Gasteiger partial charge in [0.1, 0.15) is 6.54 Å². The molecule has 1 rings (SSSR count). The molecule has 0 fully saturated rings. The van der Waals surface area contributed by atoms with Gasteiger partial charge in [-0.2, -0.15) is 0 Å². The van der Waals surface area contributed by atoms with E-state index in [-0.39, 0.29) is 6.54 Å². The van der Waals surface area contributed by atoms with Crippen LogP contribution in [0.4, 0.5) is 4.79 Å². The van der Waals surface area contributed by atoms with Crippen LogP contribution in [0.2, 0.25) is 0 Å². The van der Waals surface area contributed by atoms with Gasteiger partial charge in [0.05, 0.1) is 6.54 Å². The number of hydrogen-bond donors (Lipinski definition) is 2. The Morgan fingerprint density at radius 3 is 2.81 bits per heavy atom. The number of nitrogens with one attached hydrogen (secondary N) is 1. The number of rotatable bonds is 4. The van der Waals surface area contributed by atoms with Gasteiger partial charge in [-0.25, -0.2) is 4.79 Å². The van der Waals surface area contributed by atoms with E-state index in [0.29, 0.717) is 6.54 Å². The van der Waals surface area contributed by atoms with Crippen molar-refractivity contribution in [2.45, 2.75) is 6.54 Å². The number of urea groups is 1. The van der Waals surface area contributed by atoms with E-state index < -0.39 is 12.0 Å². The summed E-state index contributed by atoms with van der Waals surface area (Å²) in [5, 5.41) is 13.0. The molecule has 0 saturated heterocycles. The summed E-state index contributed by atoms with van der Waals surface area (Å²) in [6.07, 6.45) is 0. The van der Waals surface area contributed by atoms with Crippen molar-refractivity contribution in [1.82, 2.24) is 10.2 Å². The van der Waals surface area contributed by atoms with Gasteiger partial charge >= 0.3 is 12.0 Å². The summed E-state index contributed by atoms with van der Waals surface area (Å²) in [7, 11) is 1.44. The molecule has 0 aliphatic rings. The minimum Gasteiger partial charge on any atom is -0.480 e. The highest BCUT2D eigenvalue weighted by Gasteiger charge is 2.12. The number of halogens is 1. The van der Waals surface area contributed by atoms with Gasteiger partial charge in [-0.05, 0) is 27.4 Å². The number of hydrogen-bond acceptors (Lipinski definition) is 3. The predicted octanol–water partition coefficient (Wildman–Crippen LogP) is 1.74. The summed E-state index contributed by atoms with van der Waals surface area (Å²) >= 11 is 4.87. The molecule has 1 aromatic rings. The van der Waals surface area contributed by atoms with Gasteiger partial charge in [0, 0.05) is 16.4 Å². The maximum Gasteiger partial charge on any atom is 0.323 e. The van der Waals surface area contributed by atoms with Crippen LogP contribution >= 0.6 is 27.3 Å². The van der Waals surface area contributed by atoms with Gasteiger partial charge in [-0.1, -0.05) is 0 Å². The minimum atomic E-state index is -1.03. The van der Waals surface area contributed by atoms with E-state index in [2.05, 4.69) is 21.2 Å². The molecule has 0 unspecified atom stereocenters. The number of carbonyl (C=O) groups is 2. The number of amides is 2. The molecule has 0 aromatic carbocycles. The fourth-order valence-electron chi connectivity index (χ4n) is 1.02. The van der Waals surface area contributed by atoms with Gasteiger partial charge in [-0.3, -0.25) is 4.79 Å². The fourth-order valence-corrected chi connectivity index (χ4v) is 2.45. The van der Waals surface area contributed by atoms with Crippen LogP contribution < -0.4 is 5.32 Å². The number of nitrogens with zero attached hydrogens (tertiary/aromatic N) is 1. The molecule has 88 valence electrons. The van der Waals surface area contributed by atoms with Crippen molar-refractivity contribution in [1.29, 1.82) is 0 Å². The van der Waals surface area contributed by atoms with Crippen molar-refractivity contribution in [3.63, 3.8) is 0 Å². The highest BCUT2D eigenvalue weighted by atomic mass is 79.9. The third-order valence-corrected chi connectivity index (χ3v) is 3.74. The van der Waals surface area contributed by atoms with Crippen LogP contribution in [-0.2, 0) is 11.3 Å². The van der Waals surface area contributed by atoms with Crippen molar-refractivity contribution in [2.24, 2.45) is 0 Å². The van der Waals surface area contributed by atoms with E-state index >= 15 is 0 Å². The molecule has 0 atom stereocenters. The van der Waals surface area contributed by atoms with Gasteiger partial charge in [0.25, 0.3) is 0 Å². The summed E-state index contributed by atoms with van der Waals surface area (Å²) in [6.45, 7) is 0.0818. The molecule has 0 aliphatic carbocycles. The average Bonchev–Trinajstić information content (AvgIpc) is 2.59. The Hall–Kier alpha value is -1.08. The molecule has 0 aliphatic heterocycles. The average molecular weight is 307 g/mol. The summed E-state index contributed by atoms with van der Waals surface area (Å²) in [4.78, 5) is 23.9. The van der Waals surface area contributed by atoms with Gasteiger partial charge < -0.3 is 15.3 Å². The van der Waals surface area contributed by atoms with Crippen molar-refractivity contribution in [2.75, 3.05) is 13.6 Å². The zero-order valence-corrected chi connectivity index (χ0v) is 11.0. The van der Waals surface area contributed by atoms with Crippen LogP contribution in [0.3, 0.4) is 0 Å². The van der Waals surface area contributed by atoms with E-state index in [4.69, 9.17) is 5.11 Å². The molecular weight excluding hydrogens is 296 g/mol. The van der Waals surface area contributed by atoms with Gasteiger partial charge in [0.2, 0.25) is 0 Å². The fraction of sp³-hybridized carbons (Fsp3) is 0.333. The first-order valence-corrected chi connectivity index (χ1v) is 6.10. The Morgan fingerprint density at radius 2 is 2.31 bits per heavy atom. The highest BCUT2D eigenvalue weighted by molar-refractivity contribution is 9.10. The Morgan fingerprint density at radius 1 is 1.62 bits per heavy atom. The van der Waals surface area contributed by atoms with E-state index in [0.717, 1.165) is 14.2 Å². The first kappa shape index (κ1) is 13.0. The molecule has 0 spiro atoms. The number of carboxylic acid groups (broad SMARTS) is 1. The van der Waals surface area contributed by atoms with Crippen LogP contribution in [0, 0.1) is 0 Å². The van der Waals surface area contributed by atoms with Gasteiger partial charge in [0.15, 0.2) is 0 Å². The number of carboxylic acids is 1. The number of thiophene rings is 1. The lowest BCUT2D eigenvalue weighted by Gasteiger charge is -2.15. The van der Waals surface area contributed by atoms with E-state index in [1.807, 2.05) is 11.4 Å². The lowest BCUT2D eigenvalue weighted by Crippen LogP contribution is -2.39. The quantitative estimate of drug-likeness (QED) is 0.890. The Kier molecular flexibility index (Phi) is 4.75. The van der Waals surface area contributed by atoms with Crippen LogP contribution in [0.5, 0.6) is 0 Å². The Balaban J connectivity index is 2.41. The summed E-state index contributed by atoms with van der Waals surface area (Å²) < 4.78 is 0.943. The molecule has 7 heteroatoms. The molecule has 0 saturated carbocycles. The minimum absolute atomic E-state index is 0.308. The van der Waals surface area contributed by atoms with Crippen LogP contribution in [0.25, 0.3) is 0 Å². The van der Waals surface area contributed by atoms with Crippen LogP contribution in [-0.4, -0.2) is 35.6 Å². The predicted molar refractivity (Wildman–Crippen MR) is 64.5 cm³/mol. The summed E-state index contributed by atoms with van der Waals surface area (Å²) in [5.41, 5.74) is 0. The lowest BCUT2D eigenvalue weighted by atomic mass is 10.4. The van der Waals surface area contributed by atoms with Crippen molar-refractivity contribution < 1.29 is 14.7 Å². The molecule has 5 nitrogen and oxygen atoms in total. The maximum atomic E-state index is 11.4. The molecule has 1 aromatic heterocycles. The van der Waals surface area contributed by atoms with E-state index in [1.165, 1.54) is 18.4 Å². The number of carbonyl (C=O) groups excluding carboxylic acids is 1. The van der Waals surface area contributed by atoms with Gasteiger partial charge in [-0.15, -0.1) is 11.3 Å². The Bertz CT molecular complexity index is 394. The lowest BCUT2D eigenvalue weighted by molar-refractivity contribution is -0.137. The molecule has 2 N–H and O–H groups in total.